The molecule has 1 atom stereocenters. The molecule has 0 aliphatic carbocycles. The van der Waals surface area contributed by atoms with Gasteiger partial charge in [-0.05, 0) is 81.0 Å². The molecule has 4 heteroatoms. The fraction of sp³-hybridized carbons (Fsp3) is 0.381. The van der Waals surface area contributed by atoms with Gasteiger partial charge in [-0.15, -0.1) is 0 Å². The highest BCUT2D eigenvalue weighted by atomic mass is 19.1. The molecular formula is C21H26FNO2. The standard InChI is InChI=1S/C21H26FNO2/c1-14-12-15(2)16(3)20(13-14)25-17(4)21(24)23-11-5-6-18-7-9-19(22)10-8-18/h7-10,12-13,17H,5-6,11H2,1-4H3,(H,23,24)/t17-/m0/s1. The first-order valence-electron chi connectivity index (χ1n) is 8.63. The highest BCUT2D eigenvalue weighted by molar-refractivity contribution is 5.80. The summed E-state index contributed by atoms with van der Waals surface area (Å²) in [6.45, 7) is 8.37. The zero-order valence-electron chi connectivity index (χ0n) is 15.4. The molecule has 25 heavy (non-hydrogen) atoms. The number of rotatable bonds is 7. The van der Waals surface area contributed by atoms with Crippen molar-refractivity contribution in [1.29, 1.82) is 0 Å². The number of nitrogens with one attached hydrogen (secondary N) is 1. The molecule has 2 aromatic rings. The van der Waals surface area contributed by atoms with Crippen LogP contribution in [0.5, 0.6) is 5.75 Å². The van der Waals surface area contributed by atoms with Crippen LogP contribution in [0.1, 0.15) is 35.6 Å². The molecule has 1 amide bonds. The van der Waals surface area contributed by atoms with Gasteiger partial charge in [0, 0.05) is 6.54 Å². The van der Waals surface area contributed by atoms with E-state index in [1.807, 2.05) is 26.8 Å². The summed E-state index contributed by atoms with van der Waals surface area (Å²) >= 11 is 0. The molecule has 1 N–H and O–H groups in total. The van der Waals surface area contributed by atoms with E-state index in [-0.39, 0.29) is 11.7 Å². The lowest BCUT2D eigenvalue weighted by Crippen LogP contribution is -2.37. The van der Waals surface area contributed by atoms with Gasteiger partial charge in [0.1, 0.15) is 11.6 Å². The first-order valence-corrected chi connectivity index (χ1v) is 8.63. The summed E-state index contributed by atoms with van der Waals surface area (Å²) in [6.07, 6.45) is 1.05. The molecule has 0 saturated carbocycles. The normalized spacial score (nSPS) is 11.9. The third-order valence-corrected chi connectivity index (χ3v) is 4.29. The molecule has 0 fully saturated rings. The Bertz CT molecular complexity index is 725. The second-order valence-corrected chi connectivity index (χ2v) is 6.49. The molecule has 0 aromatic heterocycles. The molecule has 2 aromatic carbocycles. The average Bonchev–Trinajstić information content (AvgIpc) is 2.57. The Hall–Kier alpha value is -2.36. The van der Waals surface area contributed by atoms with Gasteiger partial charge >= 0.3 is 0 Å². The topological polar surface area (TPSA) is 38.3 Å². The fourth-order valence-corrected chi connectivity index (χ4v) is 2.67. The Morgan fingerprint density at radius 1 is 1.16 bits per heavy atom. The van der Waals surface area contributed by atoms with E-state index in [4.69, 9.17) is 4.74 Å². The third-order valence-electron chi connectivity index (χ3n) is 4.29. The van der Waals surface area contributed by atoms with E-state index in [1.165, 1.54) is 12.1 Å². The van der Waals surface area contributed by atoms with E-state index >= 15 is 0 Å². The van der Waals surface area contributed by atoms with Crippen molar-refractivity contribution in [3.63, 3.8) is 0 Å². The minimum atomic E-state index is -0.550. The molecule has 0 bridgehead atoms. The minimum absolute atomic E-state index is 0.127. The molecule has 0 aliphatic rings. The molecule has 134 valence electrons. The number of halogens is 1. The van der Waals surface area contributed by atoms with Crippen LogP contribution in [0.3, 0.4) is 0 Å². The number of carbonyl (C=O) groups excluding carboxylic acids is 1. The second-order valence-electron chi connectivity index (χ2n) is 6.49. The van der Waals surface area contributed by atoms with Crippen LogP contribution in [-0.4, -0.2) is 18.6 Å². The molecule has 3 nitrogen and oxygen atoms in total. The van der Waals surface area contributed by atoms with Gasteiger partial charge in [-0.25, -0.2) is 4.39 Å². The van der Waals surface area contributed by atoms with Crippen molar-refractivity contribution < 1.29 is 13.9 Å². The predicted molar refractivity (Wildman–Crippen MR) is 98.5 cm³/mol. The van der Waals surface area contributed by atoms with E-state index in [1.54, 1.807) is 19.1 Å². The lowest BCUT2D eigenvalue weighted by Gasteiger charge is -2.18. The first kappa shape index (κ1) is 19.0. The minimum Gasteiger partial charge on any atom is -0.481 e. The Morgan fingerprint density at radius 2 is 1.84 bits per heavy atom. The molecule has 0 saturated heterocycles. The van der Waals surface area contributed by atoms with Crippen molar-refractivity contribution in [3.8, 4) is 5.75 Å². The highest BCUT2D eigenvalue weighted by Gasteiger charge is 2.16. The van der Waals surface area contributed by atoms with E-state index < -0.39 is 6.10 Å². The molecule has 0 spiro atoms. The van der Waals surface area contributed by atoms with Gasteiger partial charge in [-0.2, -0.15) is 0 Å². The van der Waals surface area contributed by atoms with Crippen molar-refractivity contribution in [1.82, 2.24) is 5.32 Å². The van der Waals surface area contributed by atoms with E-state index in [0.29, 0.717) is 6.54 Å². The van der Waals surface area contributed by atoms with Gasteiger partial charge in [0.25, 0.3) is 5.91 Å². The largest absolute Gasteiger partial charge is 0.481 e. The lowest BCUT2D eigenvalue weighted by atomic mass is 10.1. The number of hydrogen-bond donors (Lipinski definition) is 1. The summed E-state index contributed by atoms with van der Waals surface area (Å²) < 4.78 is 18.7. The summed E-state index contributed by atoms with van der Waals surface area (Å²) in [4.78, 5) is 12.2. The van der Waals surface area contributed by atoms with Crippen LogP contribution in [0.25, 0.3) is 0 Å². The summed E-state index contributed by atoms with van der Waals surface area (Å²) in [7, 11) is 0. The summed E-state index contributed by atoms with van der Waals surface area (Å²) in [5.41, 5.74) is 4.39. The summed E-state index contributed by atoms with van der Waals surface area (Å²) in [5, 5.41) is 2.89. The number of amides is 1. The summed E-state index contributed by atoms with van der Waals surface area (Å²) in [6, 6.07) is 10.5. The molecule has 0 unspecified atom stereocenters. The van der Waals surface area contributed by atoms with Crippen LogP contribution < -0.4 is 10.1 Å². The monoisotopic (exact) mass is 343 g/mol. The van der Waals surface area contributed by atoms with Crippen LogP contribution in [0.15, 0.2) is 36.4 Å². The number of hydrogen-bond acceptors (Lipinski definition) is 2. The van der Waals surface area contributed by atoms with E-state index in [2.05, 4.69) is 11.4 Å². The number of benzene rings is 2. The van der Waals surface area contributed by atoms with Gasteiger partial charge in [0.05, 0.1) is 0 Å². The number of aryl methyl sites for hydroxylation is 3. The van der Waals surface area contributed by atoms with Crippen LogP contribution in [0.2, 0.25) is 0 Å². The molecule has 0 radical (unpaired) electrons. The quantitative estimate of drug-likeness (QED) is 0.763. The van der Waals surface area contributed by atoms with Gasteiger partial charge in [-0.1, -0.05) is 18.2 Å². The lowest BCUT2D eigenvalue weighted by molar-refractivity contribution is -0.127. The van der Waals surface area contributed by atoms with Crippen molar-refractivity contribution in [2.45, 2.75) is 46.6 Å². The zero-order chi connectivity index (χ0) is 18.4. The Labute approximate surface area is 149 Å². The maximum absolute atomic E-state index is 12.9. The van der Waals surface area contributed by atoms with Crippen molar-refractivity contribution in [2.75, 3.05) is 6.54 Å². The van der Waals surface area contributed by atoms with Crippen LogP contribution >= 0.6 is 0 Å². The SMILES string of the molecule is Cc1cc(C)c(C)c(O[C@@H](C)C(=O)NCCCc2ccc(F)cc2)c1. The van der Waals surface area contributed by atoms with Gasteiger partial charge in [0.2, 0.25) is 0 Å². The molecule has 2 rings (SSSR count). The van der Waals surface area contributed by atoms with Crippen LogP contribution in [0.4, 0.5) is 4.39 Å². The smallest absolute Gasteiger partial charge is 0.260 e. The molecule has 0 heterocycles. The Balaban J connectivity index is 1.79. The van der Waals surface area contributed by atoms with E-state index in [9.17, 15) is 9.18 Å². The van der Waals surface area contributed by atoms with E-state index in [0.717, 1.165) is 40.8 Å². The van der Waals surface area contributed by atoms with Crippen molar-refractivity contribution in [2.24, 2.45) is 0 Å². The maximum Gasteiger partial charge on any atom is 0.260 e. The average molecular weight is 343 g/mol. The second kappa shape index (κ2) is 8.65. The van der Waals surface area contributed by atoms with Gasteiger partial charge in [0.15, 0.2) is 6.10 Å². The molecule has 0 aliphatic heterocycles. The predicted octanol–water partition coefficient (Wildman–Crippen LogP) is 4.27. The van der Waals surface area contributed by atoms with Gasteiger partial charge < -0.3 is 10.1 Å². The highest BCUT2D eigenvalue weighted by Crippen LogP contribution is 2.24. The summed E-state index contributed by atoms with van der Waals surface area (Å²) in [5.74, 6) is 0.397. The van der Waals surface area contributed by atoms with Crippen molar-refractivity contribution in [3.05, 3.63) is 64.5 Å². The number of ether oxygens (including phenoxy) is 1. The zero-order valence-corrected chi connectivity index (χ0v) is 15.4. The number of carbonyl (C=O) groups is 1. The Kier molecular flexibility index (Phi) is 6.57. The van der Waals surface area contributed by atoms with Gasteiger partial charge in [-0.3, -0.25) is 4.79 Å². The van der Waals surface area contributed by atoms with Crippen LogP contribution in [-0.2, 0) is 11.2 Å². The Morgan fingerprint density at radius 3 is 2.52 bits per heavy atom. The fourth-order valence-electron chi connectivity index (χ4n) is 2.67. The van der Waals surface area contributed by atoms with Crippen LogP contribution in [0, 0.1) is 26.6 Å². The van der Waals surface area contributed by atoms with Crippen molar-refractivity contribution >= 4 is 5.91 Å². The first-order chi connectivity index (χ1) is 11.9. The third kappa shape index (κ3) is 5.59. The maximum atomic E-state index is 12.9. The molecular weight excluding hydrogens is 317 g/mol.